The maximum atomic E-state index is 14.4. The molecule has 6 atom stereocenters. The normalized spacial score (nSPS) is 26.5. The van der Waals surface area contributed by atoms with Gasteiger partial charge in [-0.05, 0) is 49.4 Å². The zero-order valence-electron chi connectivity index (χ0n) is 29.2. The predicted octanol–water partition coefficient (Wildman–Crippen LogP) is 3.01. The minimum Gasteiger partial charge on any atom is -0.346 e. The van der Waals surface area contributed by atoms with Crippen LogP contribution in [0.15, 0.2) is 12.7 Å². The molecule has 3 rings (SSSR count). The fourth-order valence-corrected chi connectivity index (χ4v) is 9.83. The Morgan fingerprint density at radius 1 is 1.02 bits per heavy atom. The van der Waals surface area contributed by atoms with Gasteiger partial charge in [0.1, 0.15) is 12.1 Å². The van der Waals surface area contributed by atoms with Crippen LogP contribution in [0.5, 0.6) is 0 Å². The molecule has 2 heterocycles. The summed E-state index contributed by atoms with van der Waals surface area (Å²) in [6.07, 6.45) is 7.89. The minimum absolute atomic E-state index is 0.0529. The third-order valence-corrected chi connectivity index (χ3v) is 12.7. The van der Waals surface area contributed by atoms with Crippen LogP contribution in [0.25, 0.3) is 0 Å². The highest BCUT2D eigenvalue weighted by molar-refractivity contribution is 7.92. The fourth-order valence-electron chi connectivity index (χ4n) is 7.47. The lowest BCUT2D eigenvalue weighted by Crippen LogP contribution is -2.65. The summed E-state index contributed by atoms with van der Waals surface area (Å²) in [4.78, 5) is 68.9. The SMILES string of the molecule is C=CCNC(=O)C(=O)[C@H](CCCC)NC(=O)[C@@H]1[C@@H](C)[C@@H](C)CN1C(=O)[C@@H](NC(=O)NC1([C@@H]2CCCS2(=O)=O)CCCCC1)C(C)(C)C. The number of urea groups is 1. The summed E-state index contributed by atoms with van der Waals surface area (Å²) in [5, 5.41) is 10.5. The third-order valence-electron chi connectivity index (χ3n) is 10.3. The molecule has 13 heteroatoms. The molecule has 1 aliphatic carbocycles. The van der Waals surface area contributed by atoms with E-state index >= 15 is 0 Å². The Kier molecular flexibility index (Phi) is 13.1. The van der Waals surface area contributed by atoms with Crippen molar-refractivity contribution in [1.82, 2.24) is 26.2 Å². The predicted molar refractivity (Wildman–Crippen MR) is 181 cm³/mol. The van der Waals surface area contributed by atoms with E-state index in [4.69, 9.17) is 0 Å². The first kappa shape index (κ1) is 38.5. The van der Waals surface area contributed by atoms with Crippen LogP contribution in [0.3, 0.4) is 0 Å². The summed E-state index contributed by atoms with van der Waals surface area (Å²) in [7, 11) is -3.35. The van der Waals surface area contributed by atoms with Crippen LogP contribution in [0.1, 0.15) is 106 Å². The van der Waals surface area contributed by atoms with Crippen molar-refractivity contribution in [2.45, 2.75) is 135 Å². The second kappa shape index (κ2) is 16.0. The van der Waals surface area contributed by atoms with Crippen molar-refractivity contribution >= 4 is 39.4 Å². The number of carbonyl (C=O) groups is 5. The molecule has 2 saturated heterocycles. The molecule has 0 bridgehead atoms. The number of unbranched alkanes of at least 4 members (excludes halogenated alkanes) is 1. The average Bonchev–Trinajstić information content (AvgIpc) is 3.53. The summed E-state index contributed by atoms with van der Waals surface area (Å²) in [5.41, 5.74) is -1.65. The number of sulfone groups is 1. The monoisotopic (exact) mass is 679 g/mol. The molecule has 3 aliphatic rings. The van der Waals surface area contributed by atoms with Crippen molar-refractivity contribution in [3.05, 3.63) is 12.7 Å². The number of amides is 5. The Balaban J connectivity index is 1.84. The van der Waals surface area contributed by atoms with Gasteiger partial charge in [-0.25, -0.2) is 13.2 Å². The van der Waals surface area contributed by atoms with Crippen LogP contribution in [-0.4, -0.2) is 90.6 Å². The zero-order chi connectivity index (χ0) is 35.2. The molecule has 2 aliphatic heterocycles. The minimum atomic E-state index is -3.35. The Bertz CT molecular complexity index is 1290. The highest BCUT2D eigenvalue weighted by Gasteiger charge is 2.51. The van der Waals surface area contributed by atoms with Crippen molar-refractivity contribution in [3.63, 3.8) is 0 Å². The van der Waals surface area contributed by atoms with Crippen LogP contribution in [-0.2, 0) is 29.0 Å². The first-order chi connectivity index (χ1) is 22.0. The summed E-state index contributed by atoms with van der Waals surface area (Å²) >= 11 is 0. The van der Waals surface area contributed by atoms with Gasteiger partial charge in [0.05, 0.1) is 22.6 Å². The van der Waals surface area contributed by atoms with Crippen LogP contribution in [0, 0.1) is 17.3 Å². The van der Waals surface area contributed by atoms with Gasteiger partial charge in [-0.2, -0.15) is 0 Å². The molecule has 4 N–H and O–H groups in total. The number of carbonyl (C=O) groups excluding carboxylic acids is 5. The number of rotatable bonds is 13. The summed E-state index contributed by atoms with van der Waals surface area (Å²) in [6, 6.07) is -3.60. The lowest BCUT2D eigenvalue weighted by atomic mass is 9.78. The molecule has 0 aromatic carbocycles. The Labute approximate surface area is 280 Å². The summed E-state index contributed by atoms with van der Waals surface area (Å²) < 4.78 is 26.0. The van der Waals surface area contributed by atoms with E-state index in [1.807, 2.05) is 41.5 Å². The molecule has 0 unspecified atom stereocenters. The number of Topliss-reactive ketones (excluding diaryl/α,β-unsaturated/α-hetero) is 1. The van der Waals surface area contributed by atoms with Crippen LogP contribution in [0.4, 0.5) is 4.79 Å². The van der Waals surface area contributed by atoms with E-state index in [-0.39, 0.29) is 37.1 Å². The molecule has 0 aromatic heterocycles. The van der Waals surface area contributed by atoms with E-state index in [1.54, 1.807) is 0 Å². The molecule has 0 aromatic rings. The molecule has 5 amide bonds. The Morgan fingerprint density at radius 3 is 2.23 bits per heavy atom. The van der Waals surface area contributed by atoms with Gasteiger partial charge in [0, 0.05) is 13.1 Å². The Morgan fingerprint density at radius 2 is 1.68 bits per heavy atom. The highest BCUT2D eigenvalue weighted by Crippen LogP contribution is 2.40. The first-order valence-electron chi connectivity index (χ1n) is 17.3. The van der Waals surface area contributed by atoms with Gasteiger partial charge in [0.15, 0.2) is 9.84 Å². The van der Waals surface area contributed by atoms with Gasteiger partial charge in [0.25, 0.3) is 5.91 Å². The maximum Gasteiger partial charge on any atom is 0.315 e. The van der Waals surface area contributed by atoms with Gasteiger partial charge in [-0.1, -0.05) is 79.7 Å². The molecule has 3 fully saturated rings. The van der Waals surface area contributed by atoms with Crippen molar-refractivity contribution < 1.29 is 32.4 Å². The standard InChI is InChI=1S/C34H57N5O7S/c1-8-10-15-24(27(40)30(42)35-19-9-2)36-29(41)26-23(4)22(3)21-39(26)31(43)28(33(5,6)7)37-32(44)38-34(17-12-11-13-18-34)25-16-14-20-47(25,45)46/h9,22-26,28H,2,8,10-21H2,1,3-7H3,(H,35,42)(H,36,41)(H2,37,38,44)/t22-,23-,24-,25-,26-,28+/m0/s1. The molecular weight excluding hydrogens is 622 g/mol. The Hall–Kier alpha value is -2.96. The van der Waals surface area contributed by atoms with E-state index in [1.165, 1.54) is 11.0 Å². The number of ketones is 1. The molecule has 1 saturated carbocycles. The van der Waals surface area contributed by atoms with Gasteiger partial charge in [0.2, 0.25) is 17.6 Å². The molecule has 0 radical (unpaired) electrons. The van der Waals surface area contributed by atoms with Crippen molar-refractivity contribution in [1.29, 1.82) is 0 Å². The van der Waals surface area contributed by atoms with E-state index in [2.05, 4.69) is 27.8 Å². The second-order valence-corrected chi connectivity index (χ2v) is 17.3. The molecule has 266 valence electrons. The van der Waals surface area contributed by atoms with Gasteiger partial charge in [-0.3, -0.25) is 19.2 Å². The molecular formula is C34H57N5O7S. The topological polar surface area (TPSA) is 171 Å². The van der Waals surface area contributed by atoms with Crippen LogP contribution in [0.2, 0.25) is 0 Å². The first-order valence-corrected chi connectivity index (χ1v) is 19.0. The number of likely N-dealkylation sites (tertiary alicyclic amines) is 1. The van der Waals surface area contributed by atoms with E-state index in [0.29, 0.717) is 32.1 Å². The number of nitrogens with zero attached hydrogens (tertiary/aromatic N) is 1. The van der Waals surface area contributed by atoms with E-state index in [9.17, 15) is 32.4 Å². The largest absolute Gasteiger partial charge is 0.346 e. The van der Waals surface area contributed by atoms with Gasteiger partial charge >= 0.3 is 6.03 Å². The quantitative estimate of drug-likeness (QED) is 0.171. The fraction of sp³-hybridized carbons (Fsp3) is 0.794. The van der Waals surface area contributed by atoms with Crippen LogP contribution >= 0.6 is 0 Å². The molecule has 0 spiro atoms. The van der Waals surface area contributed by atoms with Gasteiger partial charge in [-0.15, -0.1) is 6.58 Å². The van der Waals surface area contributed by atoms with Crippen molar-refractivity contribution in [3.8, 4) is 0 Å². The zero-order valence-corrected chi connectivity index (χ0v) is 30.0. The number of nitrogens with one attached hydrogen (secondary N) is 4. The highest BCUT2D eigenvalue weighted by atomic mass is 32.2. The molecule has 12 nitrogen and oxygen atoms in total. The average molecular weight is 680 g/mol. The second-order valence-electron chi connectivity index (χ2n) is 15.0. The van der Waals surface area contributed by atoms with E-state index < -0.39 is 73.7 Å². The summed E-state index contributed by atoms with van der Waals surface area (Å²) in [6.45, 7) is 15.2. The van der Waals surface area contributed by atoms with Crippen LogP contribution < -0.4 is 21.3 Å². The molecule has 47 heavy (non-hydrogen) atoms. The van der Waals surface area contributed by atoms with E-state index in [0.717, 1.165) is 25.7 Å². The lowest BCUT2D eigenvalue weighted by Gasteiger charge is -2.43. The summed E-state index contributed by atoms with van der Waals surface area (Å²) in [5.74, 6) is -2.72. The van der Waals surface area contributed by atoms with Crippen molar-refractivity contribution in [2.24, 2.45) is 17.3 Å². The smallest absolute Gasteiger partial charge is 0.315 e. The third kappa shape index (κ3) is 9.14. The maximum absolute atomic E-state index is 14.4. The van der Waals surface area contributed by atoms with Crippen molar-refractivity contribution in [2.75, 3.05) is 18.8 Å². The lowest BCUT2D eigenvalue weighted by molar-refractivity contribution is -0.144. The van der Waals surface area contributed by atoms with Gasteiger partial charge < -0.3 is 26.2 Å². The number of hydrogen-bond donors (Lipinski definition) is 4. The number of hydrogen-bond acceptors (Lipinski definition) is 7.